The highest BCUT2D eigenvalue weighted by molar-refractivity contribution is 5.84. The van der Waals surface area contributed by atoms with Gasteiger partial charge in [-0.25, -0.2) is 4.98 Å². The molecule has 0 saturated heterocycles. The van der Waals surface area contributed by atoms with Crippen LogP contribution in [-0.4, -0.2) is 11.3 Å². The molecule has 0 aliphatic carbocycles. The van der Waals surface area contributed by atoms with Crippen molar-refractivity contribution in [2.75, 3.05) is 11.5 Å². The molecule has 0 atom stereocenters. The lowest BCUT2D eigenvalue weighted by molar-refractivity contribution is 0.112. The Bertz CT molecular complexity index is 690. The highest BCUT2D eigenvalue weighted by atomic mass is 16.1. The fourth-order valence-corrected chi connectivity index (χ4v) is 1.93. The number of nitrogens with zero attached hydrogens (tertiary/aromatic N) is 1. The first kappa shape index (κ1) is 14.8. The van der Waals surface area contributed by atoms with Crippen LogP contribution in [0.2, 0.25) is 0 Å². The van der Waals surface area contributed by atoms with Crippen molar-refractivity contribution < 1.29 is 4.79 Å². The summed E-state index contributed by atoms with van der Waals surface area (Å²) in [7, 11) is 0. The first-order valence-corrected chi connectivity index (χ1v) is 6.81. The lowest BCUT2D eigenvalue weighted by Gasteiger charge is -2.08. The molecule has 0 saturated carbocycles. The van der Waals surface area contributed by atoms with Crippen molar-refractivity contribution >= 4 is 23.7 Å². The Morgan fingerprint density at radius 2 is 1.81 bits per heavy atom. The van der Waals surface area contributed by atoms with Gasteiger partial charge in [0.1, 0.15) is 5.69 Å². The molecule has 0 fully saturated rings. The Morgan fingerprint density at radius 1 is 1.10 bits per heavy atom. The van der Waals surface area contributed by atoms with Gasteiger partial charge in [0.05, 0.1) is 11.4 Å². The maximum atomic E-state index is 11.0. The van der Waals surface area contributed by atoms with E-state index in [-0.39, 0.29) is 5.69 Å². The molecule has 4 N–H and O–H groups in total. The second-order valence-corrected chi connectivity index (χ2v) is 5.24. The van der Waals surface area contributed by atoms with Crippen LogP contribution >= 0.6 is 0 Å². The van der Waals surface area contributed by atoms with Crippen molar-refractivity contribution in [1.29, 1.82) is 0 Å². The van der Waals surface area contributed by atoms with E-state index >= 15 is 0 Å². The minimum Gasteiger partial charge on any atom is -0.398 e. The zero-order valence-electron chi connectivity index (χ0n) is 12.2. The number of hydrogen-bond acceptors (Lipinski definition) is 4. The summed E-state index contributed by atoms with van der Waals surface area (Å²) in [5, 5.41) is 0. The van der Waals surface area contributed by atoms with Gasteiger partial charge < -0.3 is 11.5 Å². The fraction of sp³-hybridized carbons (Fsp3) is 0.176. The predicted octanol–water partition coefficient (Wildman–Crippen LogP) is 3.39. The Hall–Kier alpha value is -2.62. The van der Waals surface area contributed by atoms with Crippen LogP contribution in [0.5, 0.6) is 0 Å². The van der Waals surface area contributed by atoms with Crippen LogP contribution in [0.25, 0.3) is 17.3 Å². The molecule has 0 aliphatic heterocycles. The molecular weight excluding hydrogens is 262 g/mol. The van der Waals surface area contributed by atoms with Crippen molar-refractivity contribution in [2.45, 2.75) is 13.8 Å². The number of nitrogen functional groups attached to an aromatic ring is 2. The van der Waals surface area contributed by atoms with Crippen molar-refractivity contribution in [3.63, 3.8) is 0 Å². The van der Waals surface area contributed by atoms with E-state index in [1.165, 1.54) is 0 Å². The lowest BCUT2D eigenvalue weighted by Crippen LogP contribution is -1.99. The Labute approximate surface area is 124 Å². The van der Waals surface area contributed by atoms with Crippen LogP contribution in [0.3, 0.4) is 0 Å². The van der Waals surface area contributed by atoms with Crippen molar-refractivity contribution in [1.82, 2.24) is 4.98 Å². The summed E-state index contributed by atoms with van der Waals surface area (Å²) in [6, 6.07) is 9.19. The number of pyridine rings is 1. The summed E-state index contributed by atoms with van der Waals surface area (Å²) < 4.78 is 0. The van der Waals surface area contributed by atoms with Gasteiger partial charge in [-0.1, -0.05) is 32.1 Å². The average molecular weight is 281 g/mol. The quantitative estimate of drug-likeness (QED) is 0.664. The predicted molar refractivity (Wildman–Crippen MR) is 87.8 cm³/mol. The smallest absolute Gasteiger partial charge is 0.170 e. The number of carbonyl (C=O) groups excluding carboxylic acids is 1. The topological polar surface area (TPSA) is 82.0 Å². The number of aromatic nitrogens is 1. The summed E-state index contributed by atoms with van der Waals surface area (Å²) in [5.74, 6) is 0.474. The summed E-state index contributed by atoms with van der Waals surface area (Å²) in [4.78, 5) is 15.2. The fourth-order valence-electron chi connectivity index (χ4n) is 1.93. The molecule has 0 amide bonds. The van der Waals surface area contributed by atoms with Crippen LogP contribution in [0.15, 0.2) is 36.4 Å². The molecule has 108 valence electrons. The summed E-state index contributed by atoms with van der Waals surface area (Å²) in [6.07, 6.45) is 4.81. The minimum atomic E-state index is 0.232. The maximum Gasteiger partial charge on any atom is 0.170 e. The molecule has 21 heavy (non-hydrogen) atoms. The first-order valence-electron chi connectivity index (χ1n) is 6.81. The summed E-state index contributed by atoms with van der Waals surface area (Å²) >= 11 is 0. The molecular formula is C17H19N3O. The van der Waals surface area contributed by atoms with Gasteiger partial charge in [0.25, 0.3) is 0 Å². The zero-order valence-corrected chi connectivity index (χ0v) is 12.2. The van der Waals surface area contributed by atoms with E-state index in [0.29, 0.717) is 29.3 Å². The van der Waals surface area contributed by atoms with Gasteiger partial charge in [0.2, 0.25) is 0 Å². The molecule has 1 heterocycles. The normalized spacial score (nSPS) is 11.2. The van der Waals surface area contributed by atoms with E-state index in [1.54, 1.807) is 12.1 Å². The number of carbonyl (C=O) groups is 1. The van der Waals surface area contributed by atoms with E-state index in [0.717, 1.165) is 11.1 Å². The lowest BCUT2D eigenvalue weighted by atomic mass is 10.0. The number of benzene rings is 1. The van der Waals surface area contributed by atoms with Crippen LogP contribution < -0.4 is 11.5 Å². The van der Waals surface area contributed by atoms with Gasteiger partial charge in [-0.3, -0.25) is 4.79 Å². The largest absolute Gasteiger partial charge is 0.398 e. The summed E-state index contributed by atoms with van der Waals surface area (Å²) in [6.45, 7) is 4.24. The molecule has 2 rings (SSSR count). The van der Waals surface area contributed by atoms with Gasteiger partial charge in [-0.15, -0.1) is 0 Å². The van der Waals surface area contributed by atoms with E-state index in [9.17, 15) is 4.79 Å². The monoisotopic (exact) mass is 281 g/mol. The molecule has 2 aromatic rings. The van der Waals surface area contributed by atoms with Crippen LogP contribution in [0.1, 0.15) is 29.9 Å². The van der Waals surface area contributed by atoms with E-state index in [2.05, 4.69) is 24.9 Å². The minimum absolute atomic E-state index is 0.232. The molecule has 1 aromatic carbocycles. The second-order valence-electron chi connectivity index (χ2n) is 5.24. The third-order valence-corrected chi connectivity index (χ3v) is 3.10. The molecule has 1 aromatic heterocycles. The molecule has 0 bridgehead atoms. The first-order chi connectivity index (χ1) is 10.0. The van der Waals surface area contributed by atoms with Crippen LogP contribution in [0, 0.1) is 5.92 Å². The Balaban J connectivity index is 2.48. The van der Waals surface area contributed by atoms with Crippen molar-refractivity contribution in [3.8, 4) is 11.3 Å². The van der Waals surface area contributed by atoms with Crippen molar-refractivity contribution in [2.24, 2.45) is 5.92 Å². The Morgan fingerprint density at radius 3 is 2.48 bits per heavy atom. The second kappa shape index (κ2) is 6.22. The van der Waals surface area contributed by atoms with E-state index in [4.69, 9.17) is 11.5 Å². The molecule has 0 aliphatic rings. The number of aldehydes is 1. The SMILES string of the molecule is CC(C)/C=C\c1ccc(N)c(-c2ccc(N)c(C=O)n2)c1. The number of hydrogen-bond donors (Lipinski definition) is 2. The average Bonchev–Trinajstić information content (AvgIpc) is 2.47. The Kier molecular flexibility index (Phi) is 4.38. The van der Waals surface area contributed by atoms with Gasteiger partial charge in [0.15, 0.2) is 6.29 Å². The van der Waals surface area contributed by atoms with Crippen molar-refractivity contribution in [3.05, 3.63) is 47.7 Å². The van der Waals surface area contributed by atoms with Gasteiger partial charge in [-0.2, -0.15) is 0 Å². The molecule has 0 unspecified atom stereocenters. The van der Waals surface area contributed by atoms with Crippen LogP contribution in [0.4, 0.5) is 11.4 Å². The maximum absolute atomic E-state index is 11.0. The molecule has 0 radical (unpaired) electrons. The molecule has 4 nitrogen and oxygen atoms in total. The van der Waals surface area contributed by atoms with Gasteiger partial charge >= 0.3 is 0 Å². The summed E-state index contributed by atoms with van der Waals surface area (Å²) in [5.41, 5.74) is 15.4. The highest BCUT2D eigenvalue weighted by Gasteiger charge is 2.08. The van der Waals surface area contributed by atoms with E-state index < -0.39 is 0 Å². The highest BCUT2D eigenvalue weighted by Crippen LogP contribution is 2.27. The molecule has 4 heteroatoms. The van der Waals surface area contributed by atoms with Gasteiger partial charge in [-0.05, 0) is 35.7 Å². The number of nitrogens with two attached hydrogens (primary N) is 2. The van der Waals surface area contributed by atoms with Gasteiger partial charge in [0, 0.05) is 11.3 Å². The number of anilines is 2. The third-order valence-electron chi connectivity index (χ3n) is 3.10. The standard InChI is InChI=1S/C17H19N3O/c1-11(2)3-4-12-5-6-14(18)13(9-12)16-8-7-15(19)17(10-21)20-16/h3-11H,18-19H2,1-2H3/b4-3-. The zero-order chi connectivity index (χ0) is 15.4. The van der Waals surface area contributed by atoms with E-state index in [1.807, 2.05) is 24.3 Å². The molecule has 0 spiro atoms. The number of rotatable bonds is 4. The third kappa shape index (κ3) is 3.48. The number of allylic oxidation sites excluding steroid dienone is 1. The van der Waals surface area contributed by atoms with Crippen LogP contribution in [-0.2, 0) is 0 Å².